The van der Waals surface area contributed by atoms with Crippen LogP contribution in [0.2, 0.25) is 0 Å². The van der Waals surface area contributed by atoms with Crippen molar-refractivity contribution in [1.29, 1.82) is 0 Å². The van der Waals surface area contributed by atoms with Crippen LogP contribution in [0.4, 0.5) is 5.69 Å². The highest BCUT2D eigenvalue weighted by atomic mass is 32.1. The number of amides is 2. The van der Waals surface area contributed by atoms with Crippen molar-refractivity contribution in [3.05, 3.63) is 52.2 Å². The van der Waals surface area contributed by atoms with E-state index in [1.807, 2.05) is 24.3 Å². The van der Waals surface area contributed by atoms with Crippen LogP contribution in [-0.2, 0) is 14.3 Å². The molecule has 0 bridgehead atoms. The predicted octanol–water partition coefficient (Wildman–Crippen LogP) is 4.20. The molecule has 29 heavy (non-hydrogen) atoms. The number of carbonyl (C=O) groups is 3. The highest BCUT2D eigenvalue weighted by Crippen LogP contribution is 2.20. The summed E-state index contributed by atoms with van der Waals surface area (Å²) in [7, 11) is 0. The SMILES string of the molecule is CC[C@H](C)c1ccc(NC(=O)COC(=O)[C@H](NC(=O)c2cccs2)C(C)C)cc1. The lowest BCUT2D eigenvalue weighted by atomic mass is 9.99. The van der Waals surface area contributed by atoms with Crippen LogP contribution < -0.4 is 10.6 Å². The highest BCUT2D eigenvalue weighted by molar-refractivity contribution is 7.12. The Bertz CT molecular complexity index is 816. The van der Waals surface area contributed by atoms with Crippen LogP contribution in [0.3, 0.4) is 0 Å². The van der Waals surface area contributed by atoms with E-state index in [0.717, 1.165) is 6.42 Å². The zero-order chi connectivity index (χ0) is 21.4. The van der Waals surface area contributed by atoms with Gasteiger partial charge < -0.3 is 15.4 Å². The maximum Gasteiger partial charge on any atom is 0.329 e. The Kier molecular flexibility index (Phi) is 8.39. The molecule has 1 heterocycles. The van der Waals surface area contributed by atoms with E-state index in [1.165, 1.54) is 16.9 Å². The molecule has 7 heteroatoms. The van der Waals surface area contributed by atoms with Crippen molar-refractivity contribution in [2.75, 3.05) is 11.9 Å². The minimum atomic E-state index is -0.827. The van der Waals surface area contributed by atoms with Gasteiger partial charge in [-0.05, 0) is 47.4 Å². The second kappa shape index (κ2) is 10.8. The third kappa shape index (κ3) is 6.71. The molecule has 0 saturated heterocycles. The number of ether oxygens (including phenoxy) is 1. The number of nitrogens with one attached hydrogen (secondary N) is 2. The molecule has 0 fully saturated rings. The Morgan fingerprint density at radius 3 is 2.31 bits per heavy atom. The van der Waals surface area contributed by atoms with Crippen LogP contribution in [0.5, 0.6) is 0 Å². The molecule has 0 spiro atoms. The zero-order valence-corrected chi connectivity index (χ0v) is 18.0. The summed E-state index contributed by atoms with van der Waals surface area (Å²) in [5.41, 5.74) is 1.85. The lowest BCUT2D eigenvalue weighted by molar-refractivity contribution is -0.150. The Labute approximate surface area is 175 Å². The lowest BCUT2D eigenvalue weighted by Gasteiger charge is -2.20. The average Bonchev–Trinajstić information content (AvgIpc) is 3.24. The standard InChI is InChI=1S/C22H28N2O4S/c1-5-15(4)16-8-10-17(11-9-16)23-19(25)13-28-22(27)20(14(2)3)24-21(26)18-7-6-12-29-18/h6-12,14-15,20H,5,13H2,1-4H3,(H,23,25)(H,24,26)/t15-,20+/m0/s1. The Balaban J connectivity index is 1.87. The monoisotopic (exact) mass is 416 g/mol. The summed E-state index contributed by atoms with van der Waals surface area (Å²) in [6.07, 6.45) is 1.04. The van der Waals surface area contributed by atoms with Gasteiger partial charge in [-0.25, -0.2) is 4.79 Å². The quantitative estimate of drug-likeness (QED) is 0.600. The molecule has 2 amide bonds. The van der Waals surface area contributed by atoms with Crippen molar-refractivity contribution in [2.24, 2.45) is 5.92 Å². The first kappa shape index (κ1) is 22.6. The van der Waals surface area contributed by atoms with Crippen LogP contribution in [0.15, 0.2) is 41.8 Å². The van der Waals surface area contributed by atoms with E-state index >= 15 is 0 Å². The van der Waals surface area contributed by atoms with Gasteiger partial charge in [0.15, 0.2) is 6.61 Å². The number of esters is 1. The third-order valence-electron chi connectivity index (χ3n) is 4.67. The van der Waals surface area contributed by atoms with Crippen molar-refractivity contribution >= 4 is 34.8 Å². The fraction of sp³-hybridized carbons (Fsp3) is 0.409. The van der Waals surface area contributed by atoms with Crippen LogP contribution in [0.1, 0.15) is 55.3 Å². The largest absolute Gasteiger partial charge is 0.454 e. The van der Waals surface area contributed by atoms with Crippen molar-refractivity contribution in [2.45, 2.75) is 46.1 Å². The van der Waals surface area contributed by atoms with E-state index in [4.69, 9.17) is 4.74 Å². The molecule has 0 unspecified atom stereocenters. The smallest absolute Gasteiger partial charge is 0.329 e. The number of thiophene rings is 1. The number of hydrogen-bond acceptors (Lipinski definition) is 5. The summed E-state index contributed by atoms with van der Waals surface area (Å²) in [5, 5.41) is 7.18. The van der Waals surface area contributed by atoms with Crippen LogP contribution >= 0.6 is 11.3 Å². The second-order valence-electron chi connectivity index (χ2n) is 7.26. The van der Waals surface area contributed by atoms with Gasteiger partial charge in [-0.2, -0.15) is 0 Å². The van der Waals surface area contributed by atoms with E-state index in [9.17, 15) is 14.4 Å². The molecule has 156 valence electrons. The molecule has 0 aliphatic heterocycles. The molecule has 6 nitrogen and oxygen atoms in total. The van der Waals surface area contributed by atoms with Crippen LogP contribution in [-0.4, -0.2) is 30.4 Å². The first-order valence-corrected chi connectivity index (χ1v) is 10.6. The molecule has 2 aromatic rings. The fourth-order valence-electron chi connectivity index (χ4n) is 2.67. The molecule has 2 atom stereocenters. The van der Waals surface area contributed by atoms with Gasteiger partial charge >= 0.3 is 5.97 Å². The van der Waals surface area contributed by atoms with Gasteiger partial charge in [-0.15, -0.1) is 11.3 Å². The third-order valence-corrected chi connectivity index (χ3v) is 5.54. The van der Waals surface area contributed by atoms with Crippen molar-refractivity contribution in [1.82, 2.24) is 5.32 Å². The molecule has 0 aliphatic carbocycles. The van der Waals surface area contributed by atoms with Crippen LogP contribution in [0.25, 0.3) is 0 Å². The zero-order valence-electron chi connectivity index (χ0n) is 17.2. The van der Waals surface area contributed by atoms with E-state index in [1.54, 1.807) is 31.4 Å². The first-order chi connectivity index (χ1) is 13.8. The topological polar surface area (TPSA) is 84.5 Å². The summed E-state index contributed by atoms with van der Waals surface area (Å²) >= 11 is 1.29. The number of carbonyl (C=O) groups excluding carboxylic acids is 3. The summed E-state index contributed by atoms with van der Waals surface area (Å²) in [4.78, 5) is 37.2. The minimum Gasteiger partial charge on any atom is -0.454 e. The second-order valence-corrected chi connectivity index (χ2v) is 8.21. The number of benzene rings is 1. The molecule has 2 N–H and O–H groups in total. The minimum absolute atomic E-state index is 0.178. The molecular weight excluding hydrogens is 388 g/mol. The average molecular weight is 417 g/mol. The van der Waals surface area contributed by atoms with Gasteiger partial charge in [0.1, 0.15) is 6.04 Å². The Morgan fingerprint density at radius 1 is 1.07 bits per heavy atom. The molecule has 0 aliphatic rings. The van der Waals surface area contributed by atoms with Gasteiger partial charge in [0, 0.05) is 5.69 Å². The molecule has 2 rings (SSSR count). The fourth-order valence-corrected chi connectivity index (χ4v) is 3.30. The lowest BCUT2D eigenvalue weighted by Crippen LogP contribution is -2.45. The summed E-state index contributed by atoms with van der Waals surface area (Å²) in [6.45, 7) is 7.47. The molecule has 1 aromatic heterocycles. The van der Waals surface area contributed by atoms with Crippen molar-refractivity contribution in [3.8, 4) is 0 Å². The Morgan fingerprint density at radius 2 is 1.76 bits per heavy atom. The van der Waals surface area contributed by atoms with E-state index in [-0.39, 0.29) is 11.8 Å². The van der Waals surface area contributed by atoms with Crippen molar-refractivity contribution in [3.63, 3.8) is 0 Å². The first-order valence-electron chi connectivity index (χ1n) is 9.72. The van der Waals surface area contributed by atoms with E-state index in [2.05, 4.69) is 24.5 Å². The van der Waals surface area contributed by atoms with Crippen LogP contribution in [0, 0.1) is 5.92 Å². The summed E-state index contributed by atoms with van der Waals surface area (Å²) < 4.78 is 5.13. The molecule has 0 saturated carbocycles. The molecule has 1 aromatic carbocycles. The highest BCUT2D eigenvalue weighted by Gasteiger charge is 2.27. The van der Waals surface area contributed by atoms with Gasteiger partial charge in [-0.1, -0.05) is 45.9 Å². The predicted molar refractivity (Wildman–Crippen MR) is 115 cm³/mol. The molecule has 0 radical (unpaired) electrons. The maximum atomic E-state index is 12.4. The van der Waals surface area contributed by atoms with Crippen molar-refractivity contribution < 1.29 is 19.1 Å². The Hall–Kier alpha value is -2.67. The van der Waals surface area contributed by atoms with E-state index < -0.39 is 24.5 Å². The van der Waals surface area contributed by atoms with Gasteiger partial charge in [0.05, 0.1) is 4.88 Å². The summed E-state index contributed by atoms with van der Waals surface area (Å²) in [5.74, 6) is -1.11. The normalized spacial score (nSPS) is 12.9. The van der Waals surface area contributed by atoms with Gasteiger partial charge in [0.2, 0.25) is 0 Å². The summed E-state index contributed by atoms with van der Waals surface area (Å²) in [6, 6.07) is 10.2. The van der Waals surface area contributed by atoms with E-state index in [0.29, 0.717) is 16.5 Å². The number of anilines is 1. The van der Waals surface area contributed by atoms with Gasteiger partial charge in [-0.3, -0.25) is 9.59 Å². The van der Waals surface area contributed by atoms with Gasteiger partial charge in [0.25, 0.3) is 11.8 Å². The molecular formula is C22H28N2O4S. The maximum absolute atomic E-state index is 12.4. The number of hydrogen-bond donors (Lipinski definition) is 2. The number of rotatable bonds is 9.